The van der Waals surface area contributed by atoms with E-state index < -0.39 is 17.3 Å². The van der Waals surface area contributed by atoms with Gasteiger partial charge in [0.2, 0.25) is 0 Å². The summed E-state index contributed by atoms with van der Waals surface area (Å²) in [6, 6.07) is 0. The van der Waals surface area contributed by atoms with Gasteiger partial charge >= 0.3 is 12.1 Å². The van der Waals surface area contributed by atoms with Crippen molar-refractivity contribution in [1.29, 1.82) is 0 Å². The minimum Gasteiger partial charge on any atom is -0.460 e. The van der Waals surface area contributed by atoms with Crippen LogP contribution in [0.25, 0.3) is 0 Å². The molecule has 0 radical (unpaired) electrons. The molecule has 10 nitrogen and oxygen atoms in total. The van der Waals surface area contributed by atoms with Crippen LogP contribution in [0.5, 0.6) is 0 Å². The van der Waals surface area contributed by atoms with Gasteiger partial charge in [-0.3, -0.25) is 4.79 Å². The number of aliphatic hydroxyl groups is 1. The summed E-state index contributed by atoms with van der Waals surface area (Å²) in [7, 11) is 0. The van der Waals surface area contributed by atoms with Gasteiger partial charge in [-0.15, -0.1) is 0 Å². The summed E-state index contributed by atoms with van der Waals surface area (Å²) in [6.07, 6.45) is -0.256. The van der Waals surface area contributed by atoms with Gasteiger partial charge in [0.25, 0.3) is 0 Å². The Morgan fingerprint density at radius 1 is 0.656 bits per heavy atom. The molecule has 0 aromatic rings. The average molecular weight is 466 g/mol. The molecule has 190 valence electrons. The fourth-order valence-corrected chi connectivity index (χ4v) is 2.23. The van der Waals surface area contributed by atoms with Crippen molar-refractivity contribution in [1.82, 2.24) is 4.90 Å². The Hall–Kier alpha value is -1.46. The lowest BCUT2D eigenvalue weighted by Gasteiger charge is -2.26. The fraction of sp³-hybridized carbons (Fsp3) is 0.909. The van der Waals surface area contributed by atoms with Crippen LogP contribution in [0.2, 0.25) is 0 Å². The summed E-state index contributed by atoms with van der Waals surface area (Å²) in [5.74, 6) is -0.278. The maximum Gasteiger partial charge on any atom is 0.410 e. The van der Waals surface area contributed by atoms with E-state index in [2.05, 4.69) is 0 Å². The molecule has 0 aliphatic heterocycles. The van der Waals surface area contributed by atoms with Crippen LogP contribution in [0.4, 0.5) is 4.79 Å². The second-order valence-electron chi connectivity index (χ2n) is 8.98. The molecule has 0 saturated carbocycles. The van der Waals surface area contributed by atoms with E-state index in [0.29, 0.717) is 59.4 Å². The highest BCUT2D eigenvalue weighted by Crippen LogP contribution is 2.10. The number of amides is 1. The minimum absolute atomic E-state index is 0.142. The molecule has 0 unspecified atom stereocenters. The van der Waals surface area contributed by atoms with E-state index in [1.54, 1.807) is 20.8 Å². The molecule has 0 spiro atoms. The molecule has 1 N–H and O–H groups in total. The molecule has 0 fully saturated rings. The molecule has 0 atom stereocenters. The summed E-state index contributed by atoms with van der Waals surface area (Å²) in [5, 5.41) is 9.10. The Kier molecular flexibility index (Phi) is 16.3. The van der Waals surface area contributed by atoms with E-state index >= 15 is 0 Å². The van der Waals surface area contributed by atoms with Crippen molar-refractivity contribution in [2.75, 3.05) is 72.6 Å². The van der Waals surface area contributed by atoms with E-state index in [-0.39, 0.29) is 25.5 Å². The Morgan fingerprint density at radius 2 is 1.09 bits per heavy atom. The standard InChI is InChI=1S/C22H43NO9/c1-21(2,3)31-19(25)7-11-27-13-15-29-17-18-30-16-14-28-12-9-23(8-10-24)20(26)32-22(4,5)6/h24H,7-18H2,1-6H3. The van der Waals surface area contributed by atoms with Crippen molar-refractivity contribution < 1.29 is 43.1 Å². The van der Waals surface area contributed by atoms with Crippen molar-refractivity contribution in [3.05, 3.63) is 0 Å². The Bertz CT molecular complexity index is 501. The van der Waals surface area contributed by atoms with Gasteiger partial charge in [0.15, 0.2) is 0 Å². The Balaban J connectivity index is 3.55. The zero-order valence-corrected chi connectivity index (χ0v) is 20.6. The molecule has 0 aromatic heterocycles. The number of esters is 1. The Labute approximate surface area is 192 Å². The number of hydrogen-bond donors (Lipinski definition) is 1. The van der Waals surface area contributed by atoms with Gasteiger partial charge in [-0.1, -0.05) is 0 Å². The number of ether oxygens (including phenoxy) is 6. The number of carbonyl (C=O) groups excluding carboxylic acids is 2. The van der Waals surface area contributed by atoms with Crippen molar-refractivity contribution >= 4 is 12.1 Å². The van der Waals surface area contributed by atoms with Crippen molar-refractivity contribution in [3.8, 4) is 0 Å². The molecule has 0 heterocycles. The maximum atomic E-state index is 12.0. The topological polar surface area (TPSA) is 113 Å². The van der Waals surface area contributed by atoms with Crippen molar-refractivity contribution in [2.45, 2.75) is 59.2 Å². The summed E-state index contributed by atoms with van der Waals surface area (Å²) >= 11 is 0. The SMILES string of the molecule is CC(C)(C)OC(=O)CCOCCOCCOCCOCCN(CCO)C(=O)OC(C)(C)C. The maximum absolute atomic E-state index is 12.0. The third kappa shape index (κ3) is 20.4. The first kappa shape index (κ1) is 30.5. The number of rotatable bonds is 17. The van der Waals surface area contributed by atoms with Crippen molar-refractivity contribution in [2.24, 2.45) is 0 Å². The molecule has 0 aliphatic rings. The average Bonchev–Trinajstić information content (AvgIpc) is 2.64. The fourth-order valence-electron chi connectivity index (χ4n) is 2.23. The van der Waals surface area contributed by atoms with Crippen LogP contribution >= 0.6 is 0 Å². The Morgan fingerprint density at radius 3 is 1.53 bits per heavy atom. The normalized spacial score (nSPS) is 12.0. The lowest BCUT2D eigenvalue weighted by Crippen LogP contribution is -2.40. The minimum atomic E-state index is -0.590. The first-order valence-electron chi connectivity index (χ1n) is 11.1. The molecule has 1 amide bonds. The molecular formula is C22H43NO9. The van der Waals surface area contributed by atoms with E-state index in [1.165, 1.54) is 4.90 Å². The number of carbonyl (C=O) groups is 2. The van der Waals surface area contributed by atoms with Gasteiger partial charge in [0.1, 0.15) is 11.2 Å². The van der Waals surface area contributed by atoms with E-state index in [0.717, 1.165) is 0 Å². The highest BCUT2D eigenvalue weighted by atomic mass is 16.6. The number of aliphatic hydroxyl groups excluding tert-OH is 1. The number of nitrogens with zero attached hydrogens (tertiary/aromatic N) is 1. The zero-order valence-electron chi connectivity index (χ0n) is 20.6. The third-order valence-electron chi connectivity index (χ3n) is 3.51. The largest absolute Gasteiger partial charge is 0.460 e. The van der Waals surface area contributed by atoms with Crippen LogP contribution in [-0.4, -0.2) is 106 Å². The molecule has 32 heavy (non-hydrogen) atoms. The molecule has 0 aliphatic carbocycles. The lowest BCUT2D eigenvalue weighted by atomic mass is 10.2. The second-order valence-corrected chi connectivity index (χ2v) is 8.98. The lowest BCUT2D eigenvalue weighted by molar-refractivity contribution is -0.156. The predicted molar refractivity (Wildman–Crippen MR) is 119 cm³/mol. The van der Waals surface area contributed by atoms with Crippen LogP contribution < -0.4 is 0 Å². The predicted octanol–water partition coefficient (Wildman–Crippen LogP) is 2.01. The van der Waals surface area contributed by atoms with Gasteiger partial charge in [0, 0.05) is 13.1 Å². The first-order valence-corrected chi connectivity index (χ1v) is 11.1. The van der Waals surface area contributed by atoms with Crippen molar-refractivity contribution in [3.63, 3.8) is 0 Å². The van der Waals surface area contributed by atoms with Gasteiger partial charge < -0.3 is 38.4 Å². The molecule has 0 bridgehead atoms. The van der Waals surface area contributed by atoms with E-state index in [4.69, 9.17) is 33.5 Å². The van der Waals surface area contributed by atoms with Crippen LogP contribution in [0.15, 0.2) is 0 Å². The quantitative estimate of drug-likeness (QED) is 0.255. The summed E-state index contributed by atoms with van der Waals surface area (Å²) in [4.78, 5) is 25.0. The highest BCUT2D eigenvalue weighted by Gasteiger charge is 2.21. The summed E-state index contributed by atoms with van der Waals surface area (Å²) in [5.41, 5.74) is -1.07. The van der Waals surface area contributed by atoms with Gasteiger partial charge in [-0.25, -0.2) is 4.79 Å². The molecular weight excluding hydrogens is 422 g/mol. The molecule has 0 aromatic carbocycles. The van der Waals surface area contributed by atoms with Crippen LogP contribution in [0.1, 0.15) is 48.0 Å². The highest BCUT2D eigenvalue weighted by molar-refractivity contribution is 5.69. The summed E-state index contributed by atoms with van der Waals surface area (Å²) < 4.78 is 32.1. The molecule has 10 heteroatoms. The van der Waals surface area contributed by atoms with Gasteiger partial charge in [-0.05, 0) is 41.5 Å². The van der Waals surface area contributed by atoms with Crippen LogP contribution in [0, 0.1) is 0 Å². The summed E-state index contributed by atoms with van der Waals surface area (Å²) in [6.45, 7) is 14.3. The van der Waals surface area contributed by atoms with Crippen LogP contribution in [-0.2, 0) is 33.2 Å². The monoisotopic (exact) mass is 465 g/mol. The zero-order chi connectivity index (χ0) is 24.5. The van der Waals surface area contributed by atoms with Crippen LogP contribution in [0.3, 0.4) is 0 Å². The second kappa shape index (κ2) is 17.1. The molecule has 0 rings (SSSR count). The van der Waals surface area contributed by atoms with E-state index in [1.807, 2.05) is 20.8 Å². The first-order chi connectivity index (χ1) is 14.9. The molecule has 0 saturated heterocycles. The number of hydrogen-bond acceptors (Lipinski definition) is 9. The smallest absolute Gasteiger partial charge is 0.410 e. The third-order valence-corrected chi connectivity index (χ3v) is 3.51. The van der Waals surface area contributed by atoms with Gasteiger partial charge in [-0.2, -0.15) is 0 Å². The van der Waals surface area contributed by atoms with Gasteiger partial charge in [0.05, 0.1) is 65.9 Å². The van der Waals surface area contributed by atoms with E-state index in [9.17, 15) is 9.59 Å².